The summed E-state index contributed by atoms with van der Waals surface area (Å²) in [4.78, 5) is 15.6. The summed E-state index contributed by atoms with van der Waals surface area (Å²) in [7, 11) is -2.13. The molecule has 0 saturated heterocycles. The van der Waals surface area contributed by atoms with E-state index in [2.05, 4.69) is 15.0 Å². The second-order valence-electron chi connectivity index (χ2n) is 3.63. The normalized spacial score (nSPS) is 11.2. The Morgan fingerprint density at radius 1 is 1.26 bits per heavy atom. The maximum atomic E-state index is 11.7. The number of hydrogen-bond donors (Lipinski definition) is 2. The second-order valence-corrected chi connectivity index (χ2v) is 5.52. The van der Waals surface area contributed by atoms with Crippen LogP contribution >= 0.6 is 0 Å². The number of hydrogen-bond acceptors (Lipinski definition) is 4. The van der Waals surface area contributed by atoms with E-state index in [1.165, 1.54) is 54.6 Å². The van der Waals surface area contributed by atoms with Gasteiger partial charge in [-0.1, -0.05) is 0 Å². The number of amides is 1. The van der Waals surface area contributed by atoms with Crippen molar-refractivity contribution < 1.29 is 13.2 Å². The van der Waals surface area contributed by atoms with Gasteiger partial charge in [0.1, 0.15) is 6.33 Å². The fraction of sp³-hybridized carbons (Fsp3) is 0.0909. The first-order valence-corrected chi connectivity index (χ1v) is 6.84. The number of sulfonamides is 1. The highest BCUT2D eigenvalue weighted by atomic mass is 32.2. The maximum Gasteiger partial charge on any atom is 0.331 e. The van der Waals surface area contributed by atoms with E-state index < -0.39 is 10.0 Å². The Morgan fingerprint density at radius 2 is 1.95 bits per heavy atom. The van der Waals surface area contributed by atoms with Crippen LogP contribution in [0.25, 0.3) is 0 Å². The fourth-order valence-electron chi connectivity index (χ4n) is 1.40. The van der Waals surface area contributed by atoms with Crippen LogP contribution in [0, 0.1) is 0 Å². The number of aromatic nitrogens is 2. The van der Waals surface area contributed by atoms with Crippen LogP contribution in [0.2, 0.25) is 0 Å². The zero-order valence-corrected chi connectivity index (χ0v) is 10.9. The lowest BCUT2D eigenvalue weighted by molar-refractivity contribution is 0.253. The van der Waals surface area contributed by atoms with Gasteiger partial charge >= 0.3 is 6.03 Å². The van der Waals surface area contributed by atoms with E-state index in [1.807, 2.05) is 0 Å². The third-order valence-corrected chi connectivity index (χ3v) is 3.85. The SMILES string of the molecule is CNS(=O)(=O)c1ccc(NC(=O)n2ccnc2)cc1. The third-order valence-electron chi connectivity index (χ3n) is 2.42. The molecule has 1 heterocycles. The highest BCUT2D eigenvalue weighted by Crippen LogP contribution is 2.13. The predicted octanol–water partition coefficient (Wildman–Crippen LogP) is 0.871. The minimum Gasteiger partial charge on any atom is -0.307 e. The molecule has 2 N–H and O–H groups in total. The molecule has 0 aliphatic carbocycles. The minimum atomic E-state index is -3.46. The average Bonchev–Trinajstić information content (AvgIpc) is 2.93. The van der Waals surface area contributed by atoms with E-state index >= 15 is 0 Å². The Morgan fingerprint density at radius 3 is 2.47 bits per heavy atom. The van der Waals surface area contributed by atoms with Gasteiger partial charge < -0.3 is 5.32 Å². The van der Waals surface area contributed by atoms with Gasteiger partial charge in [-0.05, 0) is 31.3 Å². The molecule has 2 rings (SSSR count). The lowest BCUT2D eigenvalue weighted by atomic mass is 10.3. The lowest BCUT2D eigenvalue weighted by Crippen LogP contribution is -2.19. The summed E-state index contributed by atoms with van der Waals surface area (Å²) >= 11 is 0. The molecule has 1 aromatic carbocycles. The average molecular weight is 280 g/mol. The molecule has 0 fully saturated rings. The van der Waals surface area contributed by atoms with Gasteiger partial charge in [0.2, 0.25) is 10.0 Å². The van der Waals surface area contributed by atoms with E-state index in [-0.39, 0.29) is 10.9 Å². The maximum absolute atomic E-state index is 11.7. The van der Waals surface area contributed by atoms with Gasteiger partial charge in [-0.25, -0.2) is 22.9 Å². The molecule has 0 aliphatic heterocycles. The monoisotopic (exact) mass is 280 g/mol. The zero-order valence-electron chi connectivity index (χ0n) is 10.1. The summed E-state index contributed by atoms with van der Waals surface area (Å²) in [6.45, 7) is 0. The number of carbonyl (C=O) groups excluding carboxylic acids is 1. The van der Waals surface area contributed by atoms with Crippen molar-refractivity contribution in [3.05, 3.63) is 43.0 Å². The van der Waals surface area contributed by atoms with Crippen LogP contribution in [0.1, 0.15) is 0 Å². The Balaban J connectivity index is 2.14. The number of nitrogens with one attached hydrogen (secondary N) is 2. The molecule has 100 valence electrons. The van der Waals surface area contributed by atoms with Crippen molar-refractivity contribution in [1.82, 2.24) is 14.3 Å². The van der Waals surface area contributed by atoms with Crippen molar-refractivity contribution >= 4 is 21.7 Å². The van der Waals surface area contributed by atoms with Gasteiger partial charge in [-0.3, -0.25) is 4.57 Å². The van der Waals surface area contributed by atoms with Crippen molar-refractivity contribution in [2.24, 2.45) is 0 Å². The molecule has 19 heavy (non-hydrogen) atoms. The lowest BCUT2D eigenvalue weighted by Gasteiger charge is -2.06. The highest BCUT2D eigenvalue weighted by Gasteiger charge is 2.11. The zero-order chi connectivity index (χ0) is 13.9. The van der Waals surface area contributed by atoms with Crippen molar-refractivity contribution in [2.45, 2.75) is 4.90 Å². The Bertz CT molecular complexity index is 662. The summed E-state index contributed by atoms with van der Waals surface area (Å²) < 4.78 is 26.5. The molecular weight excluding hydrogens is 268 g/mol. The molecule has 8 heteroatoms. The van der Waals surface area contributed by atoms with E-state index in [0.717, 1.165) is 0 Å². The number of anilines is 1. The van der Waals surface area contributed by atoms with Crippen molar-refractivity contribution in [3.63, 3.8) is 0 Å². The molecule has 0 saturated carbocycles. The number of carbonyl (C=O) groups is 1. The standard InChI is InChI=1S/C11H12N4O3S/c1-12-19(17,18)10-4-2-9(3-5-10)14-11(16)15-7-6-13-8-15/h2-8,12H,1H3,(H,14,16). The molecule has 7 nitrogen and oxygen atoms in total. The molecule has 0 bridgehead atoms. The molecule has 0 aliphatic rings. The first-order valence-electron chi connectivity index (χ1n) is 5.36. The van der Waals surface area contributed by atoms with Crippen molar-refractivity contribution in [1.29, 1.82) is 0 Å². The van der Waals surface area contributed by atoms with Crippen LogP contribution in [0.3, 0.4) is 0 Å². The summed E-state index contributed by atoms with van der Waals surface area (Å²) in [5.74, 6) is 0. The third kappa shape index (κ3) is 2.98. The van der Waals surface area contributed by atoms with Gasteiger partial charge in [0.25, 0.3) is 0 Å². The number of imidazole rings is 1. The van der Waals surface area contributed by atoms with Gasteiger partial charge in [-0.15, -0.1) is 0 Å². The summed E-state index contributed by atoms with van der Waals surface area (Å²) in [6, 6.07) is 5.48. The van der Waals surface area contributed by atoms with Crippen molar-refractivity contribution in [3.8, 4) is 0 Å². The molecule has 0 spiro atoms. The molecule has 0 radical (unpaired) electrons. The Hall–Kier alpha value is -2.19. The number of rotatable bonds is 3. The van der Waals surface area contributed by atoms with E-state index in [1.54, 1.807) is 0 Å². The molecule has 1 amide bonds. The molecular formula is C11H12N4O3S. The van der Waals surface area contributed by atoms with Gasteiger partial charge in [0.15, 0.2) is 0 Å². The van der Waals surface area contributed by atoms with E-state index in [9.17, 15) is 13.2 Å². The van der Waals surface area contributed by atoms with E-state index in [0.29, 0.717) is 5.69 Å². The first kappa shape index (κ1) is 13.2. The molecule has 1 aromatic heterocycles. The first-order chi connectivity index (χ1) is 9.03. The van der Waals surface area contributed by atoms with Crippen LogP contribution < -0.4 is 10.0 Å². The minimum absolute atomic E-state index is 0.135. The topological polar surface area (TPSA) is 93.1 Å². The summed E-state index contributed by atoms with van der Waals surface area (Å²) in [5, 5.41) is 2.61. The molecule has 0 atom stereocenters. The Labute approximate surface area is 110 Å². The predicted molar refractivity (Wildman–Crippen MR) is 69.3 cm³/mol. The summed E-state index contributed by atoms with van der Waals surface area (Å²) in [6.07, 6.45) is 4.37. The quantitative estimate of drug-likeness (QED) is 0.872. The van der Waals surface area contributed by atoms with E-state index in [4.69, 9.17) is 0 Å². The summed E-state index contributed by atoms with van der Waals surface area (Å²) in [5.41, 5.74) is 0.494. The number of nitrogens with zero attached hydrogens (tertiary/aromatic N) is 2. The molecule has 2 aromatic rings. The van der Waals surface area contributed by atoms with Crippen LogP contribution in [0.15, 0.2) is 47.9 Å². The molecule has 0 unspecified atom stereocenters. The Kier molecular flexibility index (Phi) is 3.63. The van der Waals surface area contributed by atoms with Gasteiger partial charge in [0.05, 0.1) is 4.90 Å². The largest absolute Gasteiger partial charge is 0.331 e. The highest BCUT2D eigenvalue weighted by molar-refractivity contribution is 7.89. The number of benzene rings is 1. The second kappa shape index (κ2) is 5.21. The van der Waals surface area contributed by atoms with Crippen LogP contribution in [-0.4, -0.2) is 31.0 Å². The smallest absolute Gasteiger partial charge is 0.307 e. The van der Waals surface area contributed by atoms with Gasteiger partial charge in [-0.2, -0.15) is 0 Å². The van der Waals surface area contributed by atoms with Gasteiger partial charge in [0, 0.05) is 18.1 Å². The fourth-order valence-corrected chi connectivity index (χ4v) is 2.13. The van der Waals surface area contributed by atoms with Crippen LogP contribution in [-0.2, 0) is 10.0 Å². The van der Waals surface area contributed by atoms with Crippen LogP contribution in [0.4, 0.5) is 10.5 Å². The van der Waals surface area contributed by atoms with Crippen LogP contribution in [0.5, 0.6) is 0 Å². The van der Waals surface area contributed by atoms with Crippen molar-refractivity contribution in [2.75, 3.05) is 12.4 Å².